The van der Waals surface area contributed by atoms with Crippen LogP contribution in [0, 0.1) is 6.92 Å². The summed E-state index contributed by atoms with van der Waals surface area (Å²) in [5.74, 6) is -1.42. The molecule has 5 nitrogen and oxygen atoms in total. The van der Waals surface area contributed by atoms with Gasteiger partial charge in [0.2, 0.25) is 0 Å². The molecule has 0 atom stereocenters. The average Bonchev–Trinajstić information content (AvgIpc) is 2.81. The Morgan fingerprint density at radius 1 is 1.39 bits per heavy atom. The Hall–Kier alpha value is -2.21. The number of carbonyl (C=O) groups is 2. The van der Waals surface area contributed by atoms with Gasteiger partial charge in [-0.3, -0.25) is 9.78 Å². The summed E-state index contributed by atoms with van der Waals surface area (Å²) in [7, 11) is 0. The summed E-state index contributed by atoms with van der Waals surface area (Å²) >= 11 is 1.20. The highest BCUT2D eigenvalue weighted by molar-refractivity contribution is 7.11. The summed E-state index contributed by atoms with van der Waals surface area (Å²) in [6.45, 7) is 1.69. The molecule has 0 bridgehead atoms. The van der Waals surface area contributed by atoms with E-state index in [1.165, 1.54) is 17.5 Å². The lowest BCUT2D eigenvalue weighted by molar-refractivity contribution is 0.0697. The number of aromatic nitrogens is 1. The van der Waals surface area contributed by atoms with Crippen LogP contribution in [-0.2, 0) is 0 Å². The van der Waals surface area contributed by atoms with E-state index in [2.05, 4.69) is 10.3 Å². The SMILES string of the molecule is Cc1cccc(NC(=O)c2cncs2)c1C(=O)O. The highest BCUT2D eigenvalue weighted by atomic mass is 32.1. The van der Waals surface area contributed by atoms with Gasteiger partial charge in [-0.1, -0.05) is 12.1 Å². The number of carboxylic acids is 1. The number of anilines is 1. The van der Waals surface area contributed by atoms with Gasteiger partial charge in [0.25, 0.3) is 5.91 Å². The Kier molecular flexibility index (Phi) is 3.38. The monoisotopic (exact) mass is 262 g/mol. The third-order valence-electron chi connectivity index (χ3n) is 2.39. The van der Waals surface area contributed by atoms with E-state index >= 15 is 0 Å². The van der Waals surface area contributed by atoms with Crippen molar-refractivity contribution < 1.29 is 14.7 Å². The first-order valence-electron chi connectivity index (χ1n) is 5.12. The van der Waals surface area contributed by atoms with Gasteiger partial charge in [0.05, 0.1) is 23.0 Å². The minimum Gasteiger partial charge on any atom is -0.478 e. The van der Waals surface area contributed by atoms with E-state index in [-0.39, 0.29) is 11.5 Å². The maximum Gasteiger partial charge on any atom is 0.338 e. The van der Waals surface area contributed by atoms with Crippen LogP contribution in [0.5, 0.6) is 0 Å². The summed E-state index contributed by atoms with van der Waals surface area (Å²) in [5.41, 5.74) is 2.55. The molecule has 2 aromatic rings. The molecule has 0 saturated heterocycles. The number of aromatic carboxylic acids is 1. The van der Waals surface area contributed by atoms with Crippen molar-refractivity contribution in [2.75, 3.05) is 5.32 Å². The van der Waals surface area contributed by atoms with Crippen LogP contribution < -0.4 is 5.32 Å². The molecular formula is C12H10N2O3S. The van der Waals surface area contributed by atoms with E-state index in [1.54, 1.807) is 30.6 Å². The Morgan fingerprint density at radius 2 is 2.17 bits per heavy atom. The molecule has 1 aromatic carbocycles. The molecular weight excluding hydrogens is 252 g/mol. The van der Waals surface area contributed by atoms with Crippen LogP contribution in [0.3, 0.4) is 0 Å². The molecule has 0 aliphatic carbocycles. The zero-order chi connectivity index (χ0) is 13.1. The zero-order valence-corrected chi connectivity index (χ0v) is 10.3. The molecule has 0 aliphatic rings. The Bertz CT molecular complexity index is 593. The molecule has 1 heterocycles. The second kappa shape index (κ2) is 4.97. The zero-order valence-electron chi connectivity index (χ0n) is 9.51. The first-order chi connectivity index (χ1) is 8.59. The van der Waals surface area contributed by atoms with Crippen molar-refractivity contribution >= 4 is 28.9 Å². The first kappa shape index (κ1) is 12.3. The van der Waals surface area contributed by atoms with Crippen molar-refractivity contribution in [1.82, 2.24) is 4.98 Å². The van der Waals surface area contributed by atoms with E-state index in [0.29, 0.717) is 16.1 Å². The number of benzene rings is 1. The molecule has 0 fully saturated rings. The predicted octanol–water partition coefficient (Wildman–Crippen LogP) is 2.40. The number of rotatable bonds is 3. The topological polar surface area (TPSA) is 79.3 Å². The van der Waals surface area contributed by atoms with Crippen molar-refractivity contribution in [3.63, 3.8) is 0 Å². The lowest BCUT2D eigenvalue weighted by Gasteiger charge is -2.09. The van der Waals surface area contributed by atoms with Gasteiger partial charge in [-0.05, 0) is 18.6 Å². The van der Waals surface area contributed by atoms with Gasteiger partial charge >= 0.3 is 5.97 Å². The summed E-state index contributed by atoms with van der Waals surface area (Å²) in [6, 6.07) is 4.95. The maximum atomic E-state index is 11.8. The van der Waals surface area contributed by atoms with Crippen LogP contribution in [0.15, 0.2) is 29.9 Å². The van der Waals surface area contributed by atoms with Crippen LogP contribution in [-0.4, -0.2) is 22.0 Å². The van der Waals surface area contributed by atoms with Crippen LogP contribution in [0.1, 0.15) is 25.6 Å². The van der Waals surface area contributed by atoms with Crippen molar-refractivity contribution in [2.24, 2.45) is 0 Å². The smallest absolute Gasteiger partial charge is 0.338 e. The summed E-state index contributed by atoms with van der Waals surface area (Å²) in [6.07, 6.45) is 1.44. The summed E-state index contributed by atoms with van der Waals surface area (Å²) in [4.78, 5) is 27.2. The van der Waals surface area contributed by atoms with Gasteiger partial charge in [-0.2, -0.15) is 0 Å². The lowest BCUT2D eigenvalue weighted by atomic mass is 10.1. The first-order valence-corrected chi connectivity index (χ1v) is 6.00. The number of amides is 1. The molecule has 1 amide bonds. The van der Waals surface area contributed by atoms with E-state index in [0.717, 1.165) is 0 Å². The van der Waals surface area contributed by atoms with Crippen molar-refractivity contribution in [3.05, 3.63) is 45.9 Å². The molecule has 6 heteroatoms. The largest absolute Gasteiger partial charge is 0.478 e. The Labute approximate surface area is 107 Å². The van der Waals surface area contributed by atoms with Crippen LogP contribution in [0.2, 0.25) is 0 Å². The lowest BCUT2D eigenvalue weighted by Crippen LogP contribution is -2.14. The van der Waals surface area contributed by atoms with Crippen LogP contribution in [0.4, 0.5) is 5.69 Å². The van der Waals surface area contributed by atoms with Gasteiger partial charge in [0.15, 0.2) is 0 Å². The van der Waals surface area contributed by atoms with E-state index < -0.39 is 5.97 Å². The standard InChI is InChI=1S/C12H10N2O3S/c1-7-3-2-4-8(10(7)12(16)17)14-11(15)9-5-13-6-18-9/h2-6H,1H3,(H,14,15)(H,16,17). The number of carbonyl (C=O) groups excluding carboxylic acids is 1. The second-order valence-corrected chi connectivity index (χ2v) is 4.51. The van der Waals surface area contributed by atoms with E-state index in [9.17, 15) is 9.59 Å². The van der Waals surface area contributed by atoms with Gasteiger partial charge in [-0.15, -0.1) is 11.3 Å². The molecule has 1 aromatic heterocycles. The predicted molar refractivity (Wildman–Crippen MR) is 68.2 cm³/mol. The number of nitrogens with one attached hydrogen (secondary N) is 1. The van der Waals surface area contributed by atoms with Crippen LogP contribution in [0.25, 0.3) is 0 Å². The maximum absolute atomic E-state index is 11.8. The highest BCUT2D eigenvalue weighted by Crippen LogP contribution is 2.20. The fourth-order valence-electron chi connectivity index (χ4n) is 1.57. The quantitative estimate of drug-likeness (QED) is 0.890. The van der Waals surface area contributed by atoms with E-state index in [4.69, 9.17) is 5.11 Å². The molecule has 0 spiro atoms. The highest BCUT2D eigenvalue weighted by Gasteiger charge is 2.16. The van der Waals surface area contributed by atoms with Gasteiger partial charge < -0.3 is 10.4 Å². The normalized spacial score (nSPS) is 10.1. The van der Waals surface area contributed by atoms with Gasteiger partial charge in [-0.25, -0.2) is 4.79 Å². The third kappa shape index (κ3) is 2.38. The molecule has 2 N–H and O–H groups in total. The molecule has 0 saturated carbocycles. The molecule has 0 aliphatic heterocycles. The number of aryl methyl sites for hydroxylation is 1. The summed E-state index contributed by atoms with van der Waals surface area (Å²) < 4.78 is 0. The Balaban J connectivity index is 2.32. The van der Waals surface area contributed by atoms with E-state index in [1.807, 2.05) is 0 Å². The number of nitrogens with zero attached hydrogens (tertiary/aromatic N) is 1. The number of hydrogen-bond donors (Lipinski definition) is 2. The molecule has 0 unspecified atom stereocenters. The minimum atomic E-state index is -1.06. The molecule has 2 rings (SSSR count). The molecule has 0 radical (unpaired) electrons. The molecule has 18 heavy (non-hydrogen) atoms. The van der Waals surface area contributed by atoms with Crippen molar-refractivity contribution in [1.29, 1.82) is 0 Å². The number of thiazole rings is 1. The van der Waals surface area contributed by atoms with Gasteiger partial charge in [0, 0.05) is 0 Å². The van der Waals surface area contributed by atoms with Crippen molar-refractivity contribution in [3.8, 4) is 0 Å². The molecule has 92 valence electrons. The van der Waals surface area contributed by atoms with Crippen molar-refractivity contribution in [2.45, 2.75) is 6.92 Å². The minimum absolute atomic E-state index is 0.107. The number of carboxylic acid groups (broad SMARTS) is 1. The summed E-state index contributed by atoms with van der Waals surface area (Å²) in [5, 5.41) is 11.7. The number of hydrogen-bond acceptors (Lipinski definition) is 4. The fourth-order valence-corrected chi connectivity index (χ4v) is 2.08. The second-order valence-electron chi connectivity index (χ2n) is 3.62. The average molecular weight is 262 g/mol. The Morgan fingerprint density at radius 3 is 2.78 bits per heavy atom. The van der Waals surface area contributed by atoms with Crippen LogP contribution >= 0.6 is 11.3 Å². The third-order valence-corrected chi connectivity index (χ3v) is 3.16. The fraction of sp³-hybridized carbons (Fsp3) is 0.0833. The van der Waals surface area contributed by atoms with Gasteiger partial charge in [0.1, 0.15) is 4.88 Å².